The fraction of sp³-hybridized carbons (Fsp3) is 0.308. The number of nitrogens with one attached hydrogen (secondary N) is 1. The zero-order valence-electron chi connectivity index (χ0n) is 20.5. The van der Waals surface area contributed by atoms with Crippen LogP contribution in [0, 0.1) is 5.82 Å². The highest BCUT2D eigenvalue weighted by molar-refractivity contribution is 9.10. The van der Waals surface area contributed by atoms with Gasteiger partial charge in [0.05, 0.1) is 11.5 Å². The number of benzene rings is 2. The van der Waals surface area contributed by atoms with Crippen LogP contribution in [0.5, 0.6) is 11.5 Å². The van der Waals surface area contributed by atoms with Crippen molar-refractivity contribution >= 4 is 62.4 Å². The number of halogens is 2. The lowest BCUT2D eigenvalue weighted by Gasteiger charge is -2.18. The number of imide groups is 1. The van der Waals surface area contributed by atoms with E-state index < -0.39 is 22.9 Å². The number of hydrogen-bond donors (Lipinski definition) is 1. The van der Waals surface area contributed by atoms with Crippen molar-refractivity contribution in [3.05, 3.63) is 57.2 Å². The number of carbonyl (C=O) groups excluding carboxylic acids is 4. The zero-order chi connectivity index (χ0) is 27.2. The fourth-order valence-electron chi connectivity index (χ4n) is 3.90. The molecule has 0 bridgehead atoms. The second-order valence-corrected chi connectivity index (χ2v) is 10.3. The molecular formula is C26H25BrFN3O6S. The molecule has 0 aromatic heterocycles. The molecule has 2 aromatic rings. The van der Waals surface area contributed by atoms with Crippen molar-refractivity contribution in [2.75, 3.05) is 38.2 Å². The maximum Gasteiger partial charge on any atom is 0.294 e. The average Bonchev–Trinajstić information content (AvgIpc) is 3.51. The summed E-state index contributed by atoms with van der Waals surface area (Å²) in [5.74, 6) is -1.01. The predicted molar refractivity (Wildman–Crippen MR) is 144 cm³/mol. The number of hydrogen-bond acceptors (Lipinski definition) is 7. The van der Waals surface area contributed by atoms with E-state index in [1.54, 1.807) is 30.0 Å². The Morgan fingerprint density at radius 2 is 1.79 bits per heavy atom. The Balaban J connectivity index is 1.45. The van der Waals surface area contributed by atoms with Gasteiger partial charge in [-0.1, -0.05) is 15.9 Å². The minimum Gasteiger partial charge on any atom is -0.490 e. The Hall–Kier alpha value is -3.38. The van der Waals surface area contributed by atoms with Gasteiger partial charge in [0.15, 0.2) is 18.1 Å². The van der Waals surface area contributed by atoms with E-state index >= 15 is 0 Å². The number of nitrogens with zero attached hydrogens (tertiary/aromatic N) is 2. The van der Waals surface area contributed by atoms with E-state index in [4.69, 9.17) is 9.47 Å². The molecule has 2 fully saturated rings. The predicted octanol–water partition coefficient (Wildman–Crippen LogP) is 4.66. The molecule has 0 spiro atoms. The van der Waals surface area contributed by atoms with Crippen molar-refractivity contribution in [3.63, 3.8) is 0 Å². The van der Waals surface area contributed by atoms with Crippen LogP contribution in [0.25, 0.3) is 6.08 Å². The van der Waals surface area contributed by atoms with Crippen LogP contribution < -0.4 is 14.8 Å². The maximum absolute atomic E-state index is 13.1. The fourth-order valence-corrected chi connectivity index (χ4v) is 5.16. The van der Waals surface area contributed by atoms with Crippen LogP contribution in [-0.4, -0.2) is 65.6 Å². The summed E-state index contributed by atoms with van der Waals surface area (Å²) in [5.41, 5.74) is 0.977. The molecule has 2 aromatic carbocycles. The number of rotatable bonds is 9. The molecule has 1 N–H and O–H groups in total. The molecule has 2 heterocycles. The van der Waals surface area contributed by atoms with Crippen molar-refractivity contribution in [1.82, 2.24) is 9.80 Å². The molecule has 2 aliphatic heterocycles. The van der Waals surface area contributed by atoms with Crippen LogP contribution >= 0.6 is 27.7 Å². The van der Waals surface area contributed by atoms with Crippen LogP contribution in [0.4, 0.5) is 14.9 Å². The summed E-state index contributed by atoms with van der Waals surface area (Å²) in [7, 11) is 0. The van der Waals surface area contributed by atoms with Crippen molar-refractivity contribution in [3.8, 4) is 11.5 Å². The molecule has 38 heavy (non-hydrogen) atoms. The second-order valence-electron chi connectivity index (χ2n) is 8.45. The highest BCUT2D eigenvalue weighted by Crippen LogP contribution is 2.38. The molecular weight excluding hydrogens is 581 g/mol. The average molecular weight is 606 g/mol. The Labute approximate surface area is 231 Å². The third kappa shape index (κ3) is 6.73. The van der Waals surface area contributed by atoms with Gasteiger partial charge >= 0.3 is 0 Å². The Morgan fingerprint density at radius 3 is 2.47 bits per heavy atom. The smallest absolute Gasteiger partial charge is 0.294 e. The zero-order valence-corrected chi connectivity index (χ0v) is 22.9. The highest BCUT2D eigenvalue weighted by Gasteiger charge is 2.37. The topological polar surface area (TPSA) is 105 Å². The van der Waals surface area contributed by atoms with Gasteiger partial charge in [-0.15, -0.1) is 0 Å². The van der Waals surface area contributed by atoms with Gasteiger partial charge in [0.1, 0.15) is 12.4 Å². The lowest BCUT2D eigenvalue weighted by atomic mass is 10.1. The Bertz CT molecular complexity index is 1280. The summed E-state index contributed by atoms with van der Waals surface area (Å²) in [6.45, 7) is 2.78. The summed E-state index contributed by atoms with van der Waals surface area (Å²) in [6, 6.07) is 8.58. The first kappa shape index (κ1) is 27.6. The van der Waals surface area contributed by atoms with E-state index in [1.807, 2.05) is 0 Å². The number of thioether (sulfide) groups is 1. The molecule has 4 amide bonds. The number of anilines is 1. The number of amides is 4. The third-order valence-corrected chi connectivity index (χ3v) is 7.36. The van der Waals surface area contributed by atoms with Gasteiger partial charge < -0.3 is 19.7 Å². The van der Waals surface area contributed by atoms with Crippen LogP contribution in [0.3, 0.4) is 0 Å². The summed E-state index contributed by atoms with van der Waals surface area (Å²) < 4.78 is 24.9. The van der Waals surface area contributed by atoms with E-state index in [2.05, 4.69) is 21.2 Å². The molecule has 12 heteroatoms. The van der Waals surface area contributed by atoms with Crippen LogP contribution in [0.1, 0.15) is 25.3 Å². The third-order valence-electron chi connectivity index (χ3n) is 5.76. The van der Waals surface area contributed by atoms with E-state index in [0.717, 1.165) is 29.5 Å². The minimum atomic E-state index is -0.532. The standard InChI is InChI=1S/C26H25BrFN3O6S/c1-2-36-20-11-16(12-22-25(34)31(26(35)38-22)14-24(33)30-9-3-4-10-30)19(27)13-21(20)37-15-23(32)29-18-7-5-17(28)6-8-18/h5-8,11-13H,2-4,9-10,14-15H2,1H3,(H,29,32)/b22-12+. The number of likely N-dealkylation sites (tertiary alicyclic amines) is 1. The summed E-state index contributed by atoms with van der Waals surface area (Å²) in [5, 5.41) is 2.11. The van der Waals surface area contributed by atoms with Crippen molar-refractivity contribution in [2.45, 2.75) is 19.8 Å². The Morgan fingerprint density at radius 1 is 1.11 bits per heavy atom. The normalized spacial score (nSPS) is 16.3. The van der Waals surface area contributed by atoms with Crippen molar-refractivity contribution < 1.29 is 33.0 Å². The monoisotopic (exact) mass is 605 g/mol. The molecule has 9 nitrogen and oxygen atoms in total. The minimum absolute atomic E-state index is 0.180. The quantitative estimate of drug-likeness (QED) is 0.414. The van der Waals surface area contributed by atoms with Crippen LogP contribution in [0.2, 0.25) is 0 Å². The van der Waals surface area contributed by atoms with E-state index in [-0.39, 0.29) is 29.7 Å². The van der Waals surface area contributed by atoms with E-state index in [0.29, 0.717) is 41.2 Å². The molecule has 0 saturated carbocycles. The maximum atomic E-state index is 13.1. The highest BCUT2D eigenvalue weighted by atomic mass is 79.9. The van der Waals surface area contributed by atoms with Crippen LogP contribution in [0.15, 0.2) is 45.8 Å². The van der Waals surface area contributed by atoms with Gasteiger partial charge in [0.2, 0.25) is 5.91 Å². The lowest BCUT2D eigenvalue weighted by molar-refractivity contribution is -0.135. The van der Waals surface area contributed by atoms with E-state index in [9.17, 15) is 23.6 Å². The van der Waals surface area contributed by atoms with Crippen molar-refractivity contribution in [2.24, 2.45) is 0 Å². The van der Waals surface area contributed by atoms with Gasteiger partial charge in [-0.05, 0) is 79.6 Å². The van der Waals surface area contributed by atoms with Crippen molar-refractivity contribution in [1.29, 1.82) is 0 Å². The molecule has 200 valence electrons. The number of ether oxygens (including phenoxy) is 2. The summed E-state index contributed by atoms with van der Waals surface area (Å²) >= 11 is 4.21. The molecule has 0 aliphatic carbocycles. The van der Waals surface area contributed by atoms with Gasteiger partial charge in [-0.25, -0.2) is 4.39 Å². The molecule has 2 saturated heterocycles. The Kier molecular flexibility index (Phi) is 9.05. The van der Waals surface area contributed by atoms with Crippen LogP contribution in [-0.2, 0) is 14.4 Å². The van der Waals surface area contributed by atoms with Gasteiger partial charge in [-0.2, -0.15) is 0 Å². The molecule has 0 unspecified atom stereocenters. The first-order valence-electron chi connectivity index (χ1n) is 11.9. The summed E-state index contributed by atoms with van der Waals surface area (Å²) in [4.78, 5) is 53.0. The second kappa shape index (κ2) is 12.4. The van der Waals surface area contributed by atoms with E-state index in [1.165, 1.54) is 24.3 Å². The largest absolute Gasteiger partial charge is 0.490 e. The van der Waals surface area contributed by atoms with Gasteiger partial charge in [0.25, 0.3) is 17.1 Å². The van der Waals surface area contributed by atoms with Gasteiger partial charge in [0, 0.05) is 23.2 Å². The molecule has 0 atom stereocenters. The molecule has 2 aliphatic rings. The lowest BCUT2D eigenvalue weighted by Crippen LogP contribution is -2.40. The first-order valence-corrected chi connectivity index (χ1v) is 13.5. The van der Waals surface area contributed by atoms with Gasteiger partial charge in [-0.3, -0.25) is 24.1 Å². The molecule has 4 rings (SSSR count). The molecule has 0 radical (unpaired) electrons. The first-order chi connectivity index (χ1) is 18.2. The SMILES string of the molecule is CCOc1cc(/C=C2/SC(=O)N(CC(=O)N3CCCC3)C2=O)c(Br)cc1OCC(=O)Nc1ccc(F)cc1. The number of carbonyl (C=O) groups is 4. The summed E-state index contributed by atoms with van der Waals surface area (Å²) in [6.07, 6.45) is 3.38.